The van der Waals surface area contributed by atoms with Crippen LogP contribution in [0.3, 0.4) is 0 Å². The average Bonchev–Trinajstić information content (AvgIpc) is 3.16. The number of halogens is 1. The first-order chi connectivity index (χ1) is 12.3. The molecule has 1 aromatic heterocycles. The van der Waals surface area contributed by atoms with Crippen molar-refractivity contribution in [2.24, 2.45) is 10.4 Å². The number of nitrogens with one attached hydrogen (secondary N) is 2. The Labute approximate surface area is 154 Å². The van der Waals surface area contributed by atoms with Gasteiger partial charge in [-0.25, -0.2) is 17.8 Å². The Morgan fingerprint density at radius 2 is 2.27 bits per heavy atom. The number of nitrogens with zero attached hydrogens (tertiary/aromatic N) is 3. The minimum Gasteiger partial charge on any atom is -0.356 e. The summed E-state index contributed by atoms with van der Waals surface area (Å²) < 4.78 is 37.0. The molecule has 0 spiro atoms. The average molecular weight is 383 g/mol. The molecular weight excluding hydrogens is 357 g/mol. The van der Waals surface area contributed by atoms with E-state index < -0.39 is 9.84 Å². The molecule has 0 aromatic carbocycles. The highest BCUT2D eigenvalue weighted by Gasteiger charge is 2.45. The highest BCUT2D eigenvalue weighted by atomic mass is 32.2. The summed E-state index contributed by atoms with van der Waals surface area (Å²) in [5.41, 5.74) is -0.163. The smallest absolute Gasteiger partial charge is 0.191 e. The Kier molecular flexibility index (Phi) is 5.36. The first-order valence-corrected chi connectivity index (χ1v) is 10.9. The number of aliphatic imine (C=N–C) groups is 1. The number of guanidine groups is 1. The molecule has 0 amide bonds. The molecule has 0 bridgehead atoms. The fraction of sp³-hybridized carbons (Fsp3) is 0.647. The van der Waals surface area contributed by atoms with E-state index in [1.54, 1.807) is 19.3 Å². The number of sulfone groups is 1. The number of rotatable bonds is 6. The van der Waals surface area contributed by atoms with Gasteiger partial charge in [0.05, 0.1) is 5.75 Å². The Balaban J connectivity index is 1.51. The van der Waals surface area contributed by atoms with E-state index in [1.807, 2.05) is 4.90 Å². The molecule has 2 heterocycles. The van der Waals surface area contributed by atoms with Crippen LogP contribution < -0.4 is 15.5 Å². The summed E-state index contributed by atoms with van der Waals surface area (Å²) in [5.74, 6) is 0.926. The van der Waals surface area contributed by atoms with Crippen molar-refractivity contribution in [3.8, 4) is 0 Å². The monoisotopic (exact) mass is 383 g/mol. The molecule has 1 saturated heterocycles. The third kappa shape index (κ3) is 4.84. The van der Waals surface area contributed by atoms with Crippen LogP contribution >= 0.6 is 0 Å². The molecule has 1 saturated carbocycles. The van der Waals surface area contributed by atoms with Gasteiger partial charge in [-0.3, -0.25) is 4.99 Å². The normalized spacial score (nSPS) is 22.3. The summed E-state index contributed by atoms with van der Waals surface area (Å²) in [7, 11) is -1.30. The minimum absolute atomic E-state index is 0.132. The van der Waals surface area contributed by atoms with Crippen LogP contribution in [-0.4, -0.2) is 64.1 Å². The largest absolute Gasteiger partial charge is 0.356 e. The molecule has 1 aliphatic heterocycles. The predicted octanol–water partition coefficient (Wildman–Crippen LogP) is 0.789. The van der Waals surface area contributed by atoms with Crippen LogP contribution in [0.15, 0.2) is 23.3 Å². The fourth-order valence-corrected chi connectivity index (χ4v) is 4.95. The van der Waals surface area contributed by atoms with Crippen molar-refractivity contribution < 1.29 is 12.8 Å². The van der Waals surface area contributed by atoms with E-state index in [4.69, 9.17) is 0 Å². The Hall–Kier alpha value is -1.90. The van der Waals surface area contributed by atoms with E-state index in [1.165, 1.54) is 12.3 Å². The van der Waals surface area contributed by atoms with Gasteiger partial charge in [-0.2, -0.15) is 0 Å². The zero-order chi connectivity index (χ0) is 18.8. The quantitative estimate of drug-likeness (QED) is 0.558. The maximum absolute atomic E-state index is 13.9. The van der Waals surface area contributed by atoms with Crippen LogP contribution in [0, 0.1) is 11.2 Å². The number of pyridine rings is 1. The van der Waals surface area contributed by atoms with Gasteiger partial charge < -0.3 is 15.5 Å². The van der Waals surface area contributed by atoms with E-state index in [0.717, 1.165) is 25.8 Å². The molecule has 7 nitrogen and oxygen atoms in total. The van der Waals surface area contributed by atoms with Crippen LogP contribution in [0.1, 0.15) is 19.3 Å². The topological polar surface area (TPSA) is 86.7 Å². The molecule has 1 unspecified atom stereocenters. The molecule has 0 radical (unpaired) electrons. The molecule has 2 fully saturated rings. The highest BCUT2D eigenvalue weighted by molar-refractivity contribution is 7.90. The zero-order valence-corrected chi connectivity index (χ0v) is 16.0. The van der Waals surface area contributed by atoms with Crippen LogP contribution in [0.4, 0.5) is 10.2 Å². The molecule has 9 heteroatoms. The second-order valence-electron chi connectivity index (χ2n) is 7.38. The lowest BCUT2D eigenvalue weighted by molar-refractivity contribution is 0.525. The number of hydrogen-bond acceptors (Lipinski definition) is 5. The molecule has 1 aromatic rings. The molecule has 2 aliphatic rings. The van der Waals surface area contributed by atoms with Crippen LogP contribution in [0.25, 0.3) is 0 Å². The van der Waals surface area contributed by atoms with E-state index in [-0.39, 0.29) is 23.0 Å². The standard InChI is InChI=1S/C17H26FN5O2S/c1-19-16(21-11-17(6-7-17)12-26(2,24)25)22-13-5-9-23(10-13)15-14(18)4-3-8-20-15/h3-4,8,13H,5-7,9-12H2,1-2H3,(H2,19,21,22). The summed E-state index contributed by atoms with van der Waals surface area (Å²) in [6.07, 6.45) is 5.56. The SMILES string of the molecule is CN=C(NCC1(CS(C)(=O)=O)CC1)NC1CCN(c2ncccc2F)C1. The Morgan fingerprint density at radius 1 is 1.50 bits per heavy atom. The van der Waals surface area contributed by atoms with Gasteiger partial charge in [0.25, 0.3) is 0 Å². The van der Waals surface area contributed by atoms with Gasteiger partial charge in [0.15, 0.2) is 17.6 Å². The first kappa shape index (κ1) is 18.9. The maximum atomic E-state index is 13.9. The fourth-order valence-electron chi connectivity index (χ4n) is 3.44. The number of aromatic nitrogens is 1. The lowest BCUT2D eigenvalue weighted by atomic mass is 10.1. The highest BCUT2D eigenvalue weighted by Crippen LogP contribution is 2.46. The molecule has 2 N–H and O–H groups in total. The minimum atomic E-state index is -2.99. The number of anilines is 1. The van der Waals surface area contributed by atoms with Crippen LogP contribution in [0.2, 0.25) is 0 Å². The molecule has 1 aliphatic carbocycles. The molecule has 1 atom stereocenters. The van der Waals surface area contributed by atoms with E-state index in [0.29, 0.717) is 24.9 Å². The van der Waals surface area contributed by atoms with Crippen molar-refractivity contribution >= 4 is 21.6 Å². The van der Waals surface area contributed by atoms with Crippen molar-refractivity contribution in [3.05, 3.63) is 24.1 Å². The van der Waals surface area contributed by atoms with Crippen molar-refractivity contribution in [1.82, 2.24) is 15.6 Å². The molecular formula is C17H26FN5O2S. The Morgan fingerprint density at radius 3 is 2.88 bits per heavy atom. The lowest BCUT2D eigenvalue weighted by Crippen LogP contribution is -2.46. The van der Waals surface area contributed by atoms with Gasteiger partial charge in [-0.15, -0.1) is 0 Å². The van der Waals surface area contributed by atoms with Gasteiger partial charge in [-0.1, -0.05) is 0 Å². The molecule has 144 valence electrons. The van der Waals surface area contributed by atoms with E-state index >= 15 is 0 Å². The summed E-state index contributed by atoms with van der Waals surface area (Å²) in [4.78, 5) is 10.3. The van der Waals surface area contributed by atoms with Crippen molar-refractivity contribution in [3.63, 3.8) is 0 Å². The first-order valence-electron chi connectivity index (χ1n) is 8.81. The van der Waals surface area contributed by atoms with Crippen LogP contribution in [-0.2, 0) is 9.84 Å². The van der Waals surface area contributed by atoms with Gasteiger partial charge >= 0.3 is 0 Å². The van der Waals surface area contributed by atoms with Crippen molar-refractivity contribution in [1.29, 1.82) is 0 Å². The maximum Gasteiger partial charge on any atom is 0.191 e. The van der Waals surface area contributed by atoms with Crippen molar-refractivity contribution in [2.75, 3.05) is 43.6 Å². The third-order valence-electron chi connectivity index (χ3n) is 4.95. The van der Waals surface area contributed by atoms with Gasteiger partial charge in [0.1, 0.15) is 9.84 Å². The van der Waals surface area contributed by atoms with Gasteiger partial charge in [0.2, 0.25) is 0 Å². The predicted molar refractivity (Wildman–Crippen MR) is 101 cm³/mol. The summed E-state index contributed by atoms with van der Waals surface area (Å²) >= 11 is 0. The number of hydrogen-bond donors (Lipinski definition) is 2. The molecule has 3 rings (SSSR count). The molecule has 26 heavy (non-hydrogen) atoms. The van der Waals surface area contributed by atoms with Gasteiger partial charge in [-0.05, 0) is 31.4 Å². The lowest BCUT2D eigenvalue weighted by Gasteiger charge is -2.21. The summed E-state index contributed by atoms with van der Waals surface area (Å²) in [5, 5.41) is 6.60. The summed E-state index contributed by atoms with van der Waals surface area (Å²) in [6, 6.07) is 3.13. The second kappa shape index (κ2) is 7.38. The second-order valence-corrected chi connectivity index (χ2v) is 9.52. The van der Waals surface area contributed by atoms with E-state index in [9.17, 15) is 12.8 Å². The van der Waals surface area contributed by atoms with Gasteiger partial charge in [0, 0.05) is 50.6 Å². The van der Waals surface area contributed by atoms with E-state index in [2.05, 4.69) is 20.6 Å². The third-order valence-corrected chi connectivity index (χ3v) is 6.08. The van der Waals surface area contributed by atoms with Crippen molar-refractivity contribution in [2.45, 2.75) is 25.3 Å². The van der Waals surface area contributed by atoms with Crippen LogP contribution in [0.5, 0.6) is 0 Å². The zero-order valence-electron chi connectivity index (χ0n) is 15.2. The Bertz CT molecular complexity index is 779. The summed E-state index contributed by atoms with van der Waals surface area (Å²) in [6.45, 7) is 1.95.